The van der Waals surface area contributed by atoms with Crippen molar-refractivity contribution in [2.75, 3.05) is 6.61 Å². The summed E-state index contributed by atoms with van der Waals surface area (Å²) in [5, 5.41) is 8.92. The van der Waals surface area contributed by atoms with E-state index in [0.717, 1.165) is 10.8 Å². The molecule has 1 heterocycles. The first kappa shape index (κ1) is 14.3. The van der Waals surface area contributed by atoms with Crippen molar-refractivity contribution in [1.29, 1.82) is 5.26 Å². The van der Waals surface area contributed by atoms with Crippen LogP contribution in [0.25, 0.3) is 5.69 Å². The highest BCUT2D eigenvalue weighted by molar-refractivity contribution is 5.73. The zero-order chi connectivity index (χ0) is 15.4. The highest BCUT2D eigenvalue weighted by atomic mass is 16.5. The smallest absolute Gasteiger partial charge is 0.349 e. The number of carbonyl (C=O) groups is 1. The quantitative estimate of drug-likeness (QED) is 0.764. The lowest BCUT2D eigenvalue weighted by Gasteiger charge is -2.12. The number of nitrogens with zero attached hydrogens (tertiary/aromatic N) is 3. The number of para-hydroxylation sites is 2. The number of hydrogen-bond acceptors (Lipinski definition) is 5. The van der Waals surface area contributed by atoms with Crippen LogP contribution < -0.4 is 16.0 Å². The molecule has 0 atom stereocenters. The number of carbonyl (C=O) groups excluding carboxylic acids is 1. The summed E-state index contributed by atoms with van der Waals surface area (Å²) in [6, 6.07) is 6.63. The van der Waals surface area contributed by atoms with Gasteiger partial charge in [0.15, 0.2) is 12.5 Å². The van der Waals surface area contributed by atoms with Gasteiger partial charge >= 0.3 is 5.69 Å². The number of ether oxygens (including phenoxy) is 1. The highest BCUT2D eigenvalue weighted by Crippen LogP contribution is 2.20. The minimum atomic E-state index is -0.942. The molecule has 0 saturated carbocycles. The summed E-state index contributed by atoms with van der Waals surface area (Å²) in [7, 11) is 0. The van der Waals surface area contributed by atoms with Crippen LogP contribution in [0, 0.1) is 11.5 Å². The number of benzene rings is 1. The van der Waals surface area contributed by atoms with Gasteiger partial charge in [-0.1, -0.05) is 12.1 Å². The van der Waals surface area contributed by atoms with Crippen LogP contribution >= 0.6 is 0 Å². The summed E-state index contributed by atoms with van der Waals surface area (Å²) < 4.78 is 6.77. The number of nitriles is 1. The second-order valence-electron chi connectivity index (χ2n) is 4.00. The van der Waals surface area contributed by atoms with Crippen LogP contribution in [0.5, 0.6) is 5.75 Å². The Hall–Kier alpha value is -3.14. The van der Waals surface area contributed by atoms with Gasteiger partial charge in [0, 0.05) is 6.20 Å². The Balaban J connectivity index is 2.83. The van der Waals surface area contributed by atoms with Crippen LogP contribution in [-0.2, 0) is 0 Å². The van der Waals surface area contributed by atoms with Gasteiger partial charge in [-0.3, -0.25) is 14.2 Å². The third kappa shape index (κ3) is 2.47. The first-order valence-corrected chi connectivity index (χ1v) is 6.10. The van der Waals surface area contributed by atoms with E-state index in [9.17, 15) is 14.4 Å². The number of hydrogen-bond donors (Lipinski definition) is 0. The number of aromatic nitrogens is 2. The molecule has 0 N–H and O–H groups in total. The molecule has 0 spiro atoms. The summed E-state index contributed by atoms with van der Waals surface area (Å²) in [4.78, 5) is 34.8. The molecule has 2 rings (SSSR count). The van der Waals surface area contributed by atoms with E-state index in [1.807, 2.05) is 0 Å². The fraction of sp³-hybridized carbons (Fsp3) is 0.143. The van der Waals surface area contributed by atoms with Gasteiger partial charge in [-0.25, -0.2) is 4.79 Å². The topological polar surface area (TPSA) is 94.1 Å². The van der Waals surface area contributed by atoms with E-state index in [1.54, 1.807) is 31.2 Å². The van der Waals surface area contributed by atoms with Crippen LogP contribution in [-0.4, -0.2) is 22.0 Å². The molecule has 0 unspecified atom stereocenters. The molecule has 0 amide bonds. The SMILES string of the molecule is CCOc1ccccc1-n1cc(C=O)c(=O)n(C#N)c1=O. The van der Waals surface area contributed by atoms with E-state index in [4.69, 9.17) is 10.00 Å². The molecule has 1 aromatic heterocycles. The summed E-state index contributed by atoms with van der Waals surface area (Å²) in [5.41, 5.74) is -1.75. The van der Waals surface area contributed by atoms with Crippen LogP contribution in [0.3, 0.4) is 0 Å². The Morgan fingerprint density at radius 2 is 2.05 bits per heavy atom. The molecule has 2 aromatic rings. The maximum absolute atomic E-state index is 12.2. The van der Waals surface area contributed by atoms with Crippen molar-refractivity contribution < 1.29 is 9.53 Å². The summed E-state index contributed by atoms with van der Waals surface area (Å²) in [5.74, 6) is 0.405. The zero-order valence-corrected chi connectivity index (χ0v) is 11.1. The van der Waals surface area contributed by atoms with Gasteiger partial charge in [0.1, 0.15) is 5.75 Å². The van der Waals surface area contributed by atoms with Gasteiger partial charge in [-0.15, -0.1) is 0 Å². The van der Waals surface area contributed by atoms with Gasteiger partial charge in [0.2, 0.25) is 0 Å². The van der Waals surface area contributed by atoms with Crippen molar-refractivity contribution >= 4 is 6.29 Å². The Morgan fingerprint density at radius 3 is 2.67 bits per heavy atom. The molecule has 106 valence electrons. The van der Waals surface area contributed by atoms with Gasteiger partial charge in [-0.2, -0.15) is 9.83 Å². The lowest BCUT2D eigenvalue weighted by atomic mass is 10.2. The molecule has 7 heteroatoms. The Kier molecular flexibility index (Phi) is 4.00. The summed E-state index contributed by atoms with van der Waals surface area (Å²) in [6.45, 7) is 2.16. The van der Waals surface area contributed by atoms with Gasteiger partial charge in [0.25, 0.3) is 5.56 Å². The average molecular weight is 285 g/mol. The molecule has 1 aromatic carbocycles. The molecule has 0 fully saturated rings. The molecule has 21 heavy (non-hydrogen) atoms. The van der Waals surface area contributed by atoms with E-state index < -0.39 is 11.2 Å². The molecule has 0 radical (unpaired) electrons. The van der Waals surface area contributed by atoms with E-state index in [1.165, 1.54) is 6.19 Å². The van der Waals surface area contributed by atoms with Crippen molar-refractivity contribution in [3.05, 3.63) is 56.9 Å². The fourth-order valence-corrected chi connectivity index (χ4v) is 1.85. The predicted molar refractivity (Wildman–Crippen MR) is 73.9 cm³/mol. The molecular formula is C14H11N3O4. The normalized spacial score (nSPS) is 9.90. The summed E-state index contributed by atoms with van der Waals surface area (Å²) in [6.07, 6.45) is 2.87. The van der Waals surface area contributed by atoms with Gasteiger partial charge in [-0.05, 0) is 19.1 Å². The average Bonchev–Trinajstić information content (AvgIpc) is 2.49. The molecule has 0 aliphatic carbocycles. The lowest BCUT2D eigenvalue weighted by Crippen LogP contribution is -2.38. The summed E-state index contributed by atoms with van der Waals surface area (Å²) >= 11 is 0. The van der Waals surface area contributed by atoms with Crippen molar-refractivity contribution in [2.45, 2.75) is 6.92 Å². The predicted octanol–water partition coefficient (Wildman–Crippen LogP) is 0.540. The highest BCUT2D eigenvalue weighted by Gasteiger charge is 2.14. The third-order valence-corrected chi connectivity index (χ3v) is 2.77. The van der Waals surface area contributed by atoms with Gasteiger partial charge < -0.3 is 4.74 Å². The van der Waals surface area contributed by atoms with Crippen LogP contribution in [0.15, 0.2) is 40.1 Å². The minimum Gasteiger partial charge on any atom is -0.492 e. The van der Waals surface area contributed by atoms with E-state index in [-0.39, 0.29) is 5.56 Å². The third-order valence-electron chi connectivity index (χ3n) is 2.77. The first-order chi connectivity index (χ1) is 10.1. The maximum atomic E-state index is 12.2. The lowest BCUT2D eigenvalue weighted by molar-refractivity contribution is 0.112. The Morgan fingerprint density at radius 1 is 1.33 bits per heavy atom. The fourth-order valence-electron chi connectivity index (χ4n) is 1.85. The van der Waals surface area contributed by atoms with Crippen molar-refractivity contribution in [2.24, 2.45) is 0 Å². The van der Waals surface area contributed by atoms with E-state index >= 15 is 0 Å². The first-order valence-electron chi connectivity index (χ1n) is 6.10. The van der Waals surface area contributed by atoms with Gasteiger partial charge in [0.05, 0.1) is 17.9 Å². The molecule has 0 aliphatic rings. The van der Waals surface area contributed by atoms with Crippen molar-refractivity contribution in [3.8, 4) is 17.6 Å². The minimum absolute atomic E-state index is 0.289. The zero-order valence-electron chi connectivity index (χ0n) is 11.1. The van der Waals surface area contributed by atoms with Crippen molar-refractivity contribution in [1.82, 2.24) is 9.13 Å². The van der Waals surface area contributed by atoms with Crippen LogP contribution in [0.2, 0.25) is 0 Å². The number of aldehydes is 1. The molecule has 0 aliphatic heterocycles. The maximum Gasteiger partial charge on any atom is 0.349 e. The van der Waals surface area contributed by atoms with Crippen molar-refractivity contribution in [3.63, 3.8) is 0 Å². The Bertz CT molecular complexity index is 843. The van der Waals surface area contributed by atoms with Crippen LogP contribution in [0.1, 0.15) is 17.3 Å². The molecular weight excluding hydrogens is 274 g/mol. The largest absolute Gasteiger partial charge is 0.492 e. The van der Waals surface area contributed by atoms with E-state index in [2.05, 4.69) is 0 Å². The second-order valence-corrected chi connectivity index (χ2v) is 4.00. The van der Waals surface area contributed by atoms with Crippen LogP contribution in [0.4, 0.5) is 0 Å². The van der Waals surface area contributed by atoms with E-state index in [0.29, 0.717) is 28.9 Å². The molecule has 7 nitrogen and oxygen atoms in total. The monoisotopic (exact) mass is 285 g/mol. The number of rotatable bonds is 4. The second kappa shape index (κ2) is 5.88. The Labute approximate surface area is 119 Å². The molecule has 0 saturated heterocycles. The molecule has 0 bridgehead atoms. The standard InChI is InChI=1S/C14H11N3O4/c1-2-21-12-6-4-3-5-11(12)16-7-10(8-18)13(19)17(9-15)14(16)20/h3-8H,2H2,1H3.